The molecule has 0 aliphatic rings. The van der Waals surface area contributed by atoms with Gasteiger partial charge in [-0.2, -0.15) is 0 Å². The highest BCUT2D eigenvalue weighted by Gasteiger charge is 2.10. The third-order valence-corrected chi connectivity index (χ3v) is 2.13. The Morgan fingerprint density at radius 1 is 1.47 bits per heavy atom. The lowest BCUT2D eigenvalue weighted by molar-refractivity contribution is 0.0347. The summed E-state index contributed by atoms with van der Waals surface area (Å²) < 4.78 is 0. The molecule has 94 valence electrons. The van der Waals surface area contributed by atoms with E-state index in [1.807, 2.05) is 30.3 Å². The zero-order valence-corrected chi connectivity index (χ0v) is 10.1. The average Bonchev–Trinajstić information content (AvgIpc) is 2.29. The van der Waals surface area contributed by atoms with Crippen molar-refractivity contribution in [1.29, 1.82) is 0 Å². The fourth-order valence-corrected chi connectivity index (χ4v) is 1.31. The SMILES string of the molecule is CC(O)CN(C)C(=O)NOCc1ccccc1. The van der Waals surface area contributed by atoms with Crippen LogP contribution in [0.25, 0.3) is 0 Å². The maximum Gasteiger partial charge on any atom is 0.341 e. The number of nitrogens with zero attached hydrogens (tertiary/aromatic N) is 1. The topological polar surface area (TPSA) is 61.8 Å². The molecule has 0 bridgehead atoms. The van der Waals surface area contributed by atoms with Gasteiger partial charge in [0.15, 0.2) is 0 Å². The van der Waals surface area contributed by atoms with Crippen LogP contribution < -0.4 is 5.48 Å². The lowest BCUT2D eigenvalue weighted by Gasteiger charge is -2.18. The monoisotopic (exact) mass is 238 g/mol. The number of rotatable bonds is 5. The first kappa shape index (κ1) is 13.5. The van der Waals surface area contributed by atoms with Gasteiger partial charge in [-0.15, -0.1) is 0 Å². The van der Waals surface area contributed by atoms with Gasteiger partial charge in [-0.3, -0.25) is 4.84 Å². The number of benzene rings is 1. The van der Waals surface area contributed by atoms with Crippen LogP contribution in [0.1, 0.15) is 12.5 Å². The van der Waals surface area contributed by atoms with Gasteiger partial charge in [0, 0.05) is 13.6 Å². The summed E-state index contributed by atoms with van der Waals surface area (Å²) in [4.78, 5) is 17.9. The molecule has 1 aromatic carbocycles. The second-order valence-electron chi connectivity index (χ2n) is 3.91. The molecule has 0 aromatic heterocycles. The number of nitrogens with one attached hydrogen (secondary N) is 1. The summed E-state index contributed by atoms with van der Waals surface area (Å²) in [5, 5.41) is 9.11. The van der Waals surface area contributed by atoms with Gasteiger partial charge in [-0.25, -0.2) is 10.3 Å². The smallest absolute Gasteiger partial charge is 0.341 e. The first-order valence-electron chi connectivity index (χ1n) is 5.44. The highest BCUT2D eigenvalue weighted by Crippen LogP contribution is 1.99. The van der Waals surface area contributed by atoms with Crippen LogP contribution in [0.2, 0.25) is 0 Å². The summed E-state index contributed by atoms with van der Waals surface area (Å²) in [5.41, 5.74) is 3.29. The van der Waals surface area contributed by atoms with Crippen molar-refractivity contribution in [3.63, 3.8) is 0 Å². The molecule has 1 atom stereocenters. The molecule has 0 saturated heterocycles. The van der Waals surface area contributed by atoms with Crippen molar-refractivity contribution in [2.45, 2.75) is 19.6 Å². The van der Waals surface area contributed by atoms with Gasteiger partial charge < -0.3 is 10.0 Å². The second-order valence-corrected chi connectivity index (χ2v) is 3.91. The number of carbonyl (C=O) groups is 1. The maximum atomic E-state index is 11.4. The molecule has 0 spiro atoms. The molecule has 0 aliphatic carbocycles. The second kappa shape index (κ2) is 6.88. The Morgan fingerprint density at radius 3 is 2.71 bits per heavy atom. The van der Waals surface area contributed by atoms with Crippen molar-refractivity contribution < 1.29 is 14.7 Å². The zero-order valence-electron chi connectivity index (χ0n) is 10.1. The van der Waals surface area contributed by atoms with Crippen LogP contribution in [-0.4, -0.2) is 35.7 Å². The minimum atomic E-state index is -0.556. The largest absolute Gasteiger partial charge is 0.392 e. The number of aliphatic hydroxyl groups excluding tert-OH is 1. The predicted octanol–water partition coefficient (Wildman–Crippen LogP) is 1.14. The quantitative estimate of drug-likeness (QED) is 0.756. The molecule has 5 heteroatoms. The summed E-state index contributed by atoms with van der Waals surface area (Å²) in [5.74, 6) is 0. The molecule has 1 aromatic rings. The maximum absolute atomic E-state index is 11.4. The summed E-state index contributed by atoms with van der Waals surface area (Å²) >= 11 is 0. The fourth-order valence-electron chi connectivity index (χ4n) is 1.31. The number of aliphatic hydroxyl groups is 1. The number of hydrogen-bond acceptors (Lipinski definition) is 3. The van der Waals surface area contributed by atoms with Gasteiger partial charge in [0.05, 0.1) is 12.7 Å². The third-order valence-electron chi connectivity index (χ3n) is 2.13. The minimum Gasteiger partial charge on any atom is -0.392 e. The molecule has 17 heavy (non-hydrogen) atoms. The zero-order chi connectivity index (χ0) is 12.7. The van der Waals surface area contributed by atoms with E-state index in [1.165, 1.54) is 4.90 Å². The molecule has 2 amide bonds. The minimum absolute atomic E-state index is 0.264. The first-order chi connectivity index (χ1) is 8.09. The Balaban J connectivity index is 2.24. The Morgan fingerprint density at radius 2 is 2.12 bits per heavy atom. The highest BCUT2D eigenvalue weighted by atomic mass is 16.7. The fraction of sp³-hybridized carbons (Fsp3) is 0.417. The molecule has 1 rings (SSSR count). The number of hydrogen-bond donors (Lipinski definition) is 2. The van der Waals surface area contributed by atoms with Crippen LogP contribution >= 0.6 is 0 Å². The van der Waals surface area contributed by atoms with E-state index in [0.717, 1.165) is 5.56 Å². The molecule has 0 radical (unpaired) electrons. The third kappa shape index (κ3) is 5.33. The standard InChI is InChI=1S/C12H18N2O3/c1-10(15)8-14(2)12(16)13-17-9-11-6-4-3-5-7-11/h3-7,10,15H,8-9H2,1-2H3,(H,13,16). The molecule has 0 aliphatic heterocycles. The molecule has 2 N–H and O–H groups in total. The number of likely N-dealkylation sites (N-methyl/N-ethyl adjacent to an activating group) is 1. The number of urea groups is 1. The van der Waals surface area contributed by atoms with E-state index in [9.17, 15) is 4.79 Å². The van der Waals surface area contributed by atoms with E-state index in [0.29, 0.717) is 6.61 Å². The van der Waals surface area contributed by atoms with Crippen LogP contribution in [0.5, 0.6) is 0 Å². The van der Waals surface area contributed by atoms with E-state index in [1.54, 1.807) is 14.0 Å². The van der Waals surface area contributed by atoms with Crippen molar-refractivity contribution in [2.75, 3.05) is 13.6 Å². The van der Waals surface area contributed by atoms with Crippen LogP contribution in [0, 0.1) is 0 Å². The molecular formula is C12H18N2O3. The summed E-state index contributed by atoms with van der Waals surface area (Å²) in [6, 6.07) is 9.16. The normalized spacial score (nSPS) is 11.9. The first-order valence-corrected chi connectivity index (χ1v) is 5.44. The summed E-state index contributed by atoms with van der Waals surface area (Å²) in [6.45, 7) is 2.20. The molecule has 0 saturated carbocycles. The lowest BCUT2D eigenvalue weighted by Crippen LogP contribution is -2.40. The lowest BCUT2D eigenvalue weighted by atomic mass is 10.2. The van der Waals surface area contributed by atoms with Crippen molar-refractivity contribution in [1.82, 2.24) is 10.4 Å². The van der Waals surface area contributed by atoms with Gasteiger partial charge in [-0.1, -0.05) is 30.3 Å². The van der Waals surface area contributed by atoms with Crippen molar-refractivity contribution in [2.24, 2.45) is 0 Å². The van der Waals surface area contributed by atoms with Gasteiger partial charge in [-0.05, 0) is 12.5 Å². The predicted molar refractivity (Wildman–Crippen MR) is 64.1 cm³/mol. The van der Waals surface area contributed by atoms with Crippen molar-refractivity contribution in [3.05, 3.63) is 35.9 Å². The number of carbonyl (C=O) groups excluding carboxylic acids is 1. The average molecular weight is 238 g/mol. The van der Waals surface area contributed by atoms with Gasteiger partial charge in [0.2, 0.25) is 0 Å². The Hall–Kier alpha value is -1.59. The Kier molecular flexibility index (Phi) is 5.45. The van der Waals surface area contributed by atoms with Crippen molar-refractivity contribution in [3.8, 4) is 0 Å². The molecule has 0 heterocycles. The molecule has 5 nitrogen and oxygen atoms in total. The van der Waals surface area contributed by atoms with E-state index in [4.69, 9.17) is 9.94 Å². The van der Waals surface area contributed by atoms with Gasteiger partial charge in [0.1, 0.15) is 0 Å². The van der Waals surface area contributed by atoms with Crippen LogP contribution in [0.15, 0.2) is 30.3 Å². The van der Waals surface area contributed by atoms with Crippen LogP contribution in [0.3, 0.4) is 0 Å². The highest BCUT2D eigenvalue weighted by molar-refractivity contribution is 5.72. The summed E-state index contributed by atoms with van der Waals surface area (Å²) in [7, 11) is 1.59. The van der Waals surface area contributed by atoms with E-state index in [2.05, 4.69) is 5.48 Å². The number of amides is 2. The Labute approximate surface area is 101 Å². The van der Waals surface area contributed by atoms with E-state index in [-0.39, 0.29) is 12.6 Å². The molecule has 1 unspecified atom stereocenters. The van der Waals surface area contributed by atoms with Crippen molar-refractivity contribution >= 4 is 6.03 Å². The van der Waals surface area contributed by atoms with Crippen LogP contribution in [0.4, 0.5) is 4.79 Å². The molecule has 0 fully saturated rings. The van der Waals surface area contributed by atoms with Gasteiger partial charge >= 0.3 is 6.03 Å². The van der Waals surface area contributed by atoms with Gasteiger partial charge in [0.25, 0.3) is 0 Å². The summed E-state index contributed by atoms with van der Waals surface area (Å²) in [6.07, 6.45) is -0.556. The Bertz CT molecular complexity index is 341. The number of hydroxylamine groups is 1. The van der Waals surface area contributed by atoms with Crippen LogP contribution in [-0.2, 0) is 11.4 Å². The van der Waals surface area contributed by atoms with E-state index < -0.39 is 6.10 Å². The molecular weight excluding hydrogens is 220 g/mol. The van der Waals surface area contributed by atoms with E-state index >= 15 is 0 Å².